The number of carbonyl (C=O) groups is 2. The lowest BCUT2D eigenvalue weighted by atomic mass is 10.3. The van der Waals surface area contributed by atoms with Crippen LogP contribution in [0.1, 0.15) is 26.1 Å². The Labute approximate surface area is 123 Å². The van der Waals surface area contributed by atoms with Crippen molar-refractivity contribution in [2.24, 2.45) is 0 Å². The Morgan fingerprint density at radius 3 is 2.71 bits per heavy atom. The van der Waals surface area contributed by atoms with Crippen LogP contribution in [0.4, 0.5) is 0 Å². The predicted molar refractivity (Wildman–Crippen MR) is 80.6 cm³/mol. The van der Waals surface area contributed by atoms with Crippen molar-refractivity contribution in [1.82, 2.24) is 20.2 Å². The van der Waals surface area contributed by atoms with Crippen molar-refractivity contribution < 1.29 is 9.59 Å². The zero-order valence-electron chi connectivity index (χ0n) is 12.3. The van der Waals surface area contributed by atoms with Gasteiger partial charge in [0.25, 0.3) is 0 Å². The van der Waals surface area contributed by atoms with E-state index >= 15 is 0 Å². The van der Waals surface area contributed by atoms with Crippen LogP contribution in [0.25, 0.3) is 11.0 Å². The van der Waals surface area contributed by atoms with Gasteiger partial charge < -0.3 is 15.2 Å². The summed E-state index contributed by atoms with van der Waals surface area (Å²) < 4.78 is 1.84. The molecule has 0 bridgehead atoms. The van der Waals surface area contributed by atoms with E-state index in [0.29, 0.717) is 18.9 Å². The maximum absolute atomic E-state index is 12.0. The molecule has 0 aliphatic carbocycles. The monoisotopic (exact) mass is 288 g/mol. The summed E-state index contributed by atoms with van der Waals surface area (Å²) in [4.78, 5) is 27.5. The summed E-state index contributed by atoms with van der Waals surface area (Å²) in [7, 11) is 0. The van der Waals surface area contributed by atoms with Gasteiger partial charge in [0.1, 0.15) is 12.4 Å². The maximum atomic E-state index is 12.0. The highest BCUT2D eigenvalue weighted by Gasteiger charge is 2.13. The van der Waals surface area contributed by atoms with E-state index in [1.54, 1.807) is 0 Å². The van der Waals surface area contributed by atoms with Gasteiger partial charge in [0.15, 0.2) is 0 Å². The van der Waals surface area contributed by atoms with Crippen LogP contribution in [0.3, 0.4) is 0 Å². The van der Waals surface area contributed by atoms with E-state index in [9.17, 15) is 9.59 Å². The third kappa shape index (κ3) is 3.81. The number of benzene rings is 1. The van der Waals surface area contributed by atoms with Crippen LogP contribution in [0.5, 0.6) is 0 Å². The van der Waals surface area contributed by atoms with Crippen LogP contribution in [0.2, 0.25) is 0 Å². The molecular formula is C15H20N4O2. The lowest BCUT2D eigenvalue weighted by Gasteiger charge is -2.09. The van der Waals surface area contributed by atoms with Crippen molar-refractivity contribution >= 4 is 22.8 Å². The Morgan fingerprint density at radius 1 is 1.24 bits per heavy atom. The Balaban J connectivity index is 2.26. The number of nitrogens with one attached hydrogen (secondary N) is 2. The summed E-state index contributed by atoms with van der Waals surface area (Å²) in [6, 6.07) is 7.63. The number of rotatable bonds is 6. The molecule has 0 aliphatic rings. The molecule has 1 aromatic heterocycles. The number of carbonyl (C=O) groups excluding carboxylic acids is 2. The van der Waals surface area contributed by atoms with Crippen molar-refractivity contribution in [3.05, 3.63) is 30.1 Å². The topological polar surface area (TPSA) is 76.0 Å². The zero-order valence-corrected chi connectivity index (χ0v) is 12.3. The molecule has 0 fully saturated rings. The van der Waals surface area contributed by atoms with Crippen LogP contribution in [-0.4, -0.2) is 27.9 Å². The van der Waals surface area contributed by atoms with Gasteiger partial charge in [-0.15, -0.1) is 0 Å². The molecule has 2 aromatic rings. The normalized spacial score (nSPS) is 10.6. The molecule has 6 nitrogen and oxygen atoms in total. The molecule has 6 heteroatoms. The molecule has 0 saturated carbocycles. The van der Waals surface area contributed by atoms with E-state index in [2.05, 4.69) is 15.6 Å². The number of aromatic nitrogens is 2. The lowest BCUT2D eigenvalue weighted by Crippen LogP contribution is -2.30. The molecule has 112 valence electrons. The van der Waals surface area contributed by atoms with Gasteiger partial charge in [-0.3, -0.25) is 9.59 Å². The molecule has 0 spiro atoms. The highest BCUT2D eigenvalue weighted by atomic mass is 16.2. The van der Waals surface area contributed by atoms with E-state index in [1.165, 1.54) is 6.92 Å². The minimum Gasteiger partial charge on any atom is -0.355 e. The second-order valence-corrected chi connectivity index (χ2v) is 4.86. The summed E-state index contributed by atoms with van der Waals surface area (Å²) in [6.45, 7) is 4.64. The summed E-state index contributed by atoms with van der Waals surface area (Å²) in [5.74, 6) is 0.506. The van der Waals surface area contributed by atoms with Gasteiger partial charge in [-0.05, 0) is 18.6 Å². The molecule has 0 atom stereocenters. The van der Waals surface area contributed by atoms with Crippen molar-refractivity contribution in [2.75, 3.05) is 6.54 Å². The Hall–Kier alpha value is -2.37. The maximum Gasteiger partial charge on any atom is 0.240 e. The lowest BCUT2D eigenvalue weighted by molar-refractivity contribution is -0.121. The first-order valence-corrected chi connectivity index (χ1v) is 7.07. The highest BCUT2D eigenvalue weighted by Crippen LogP contribution is 2.15. The molecule has 1 heterocycles. The quantitative estimate of drug-likeness (QED) is 0.838. The second kappa shape index (κ2) is 6.88. The first kappa shape index (κ1) is 15.0. The van der Waals surface area contributed by atoms with Crippen molar-refractivity contribution in [2.45, 2.75) is 33.4 Å². The summed E-state index contributed by atoms with van der Waals surface area (Å²) in [5.41, 5.74) is 1.71. The van der Waals surface area contributed by atoms with Crippen molar-refractivity contribution in [1.29, 1.82) is 0 Å². The first-order valence-electron chi connectivity index (χ1n) is 7.07. The Morgan fingerprint density at radius 2 is 2.00 bits per heavy atom. The number of amides is 2. The van der Waals surface area contributed by atoms with E-state index < -0.39 is 0 Å². The zero-order chi connectivity index (χ0) is 15.2. The number of hydrogen-bond donors (Lipinski definition) is 2. The number of para-hydroxylation sites is 2. The predicted octanol–water partition coefficient (Wildman–Crippen LogP) is 1.20. The molecule has 0 saturated heterocycles. The van der Waals surface area contributed by atoms with Crippen LogP contribution in [-0.2, 0) is 22.7 Å². The minimum atomic E-state index is -0.121. The first-order chi connectivity index (χ1) is 10.1. The third-order valence-corrected chi connectivity index (χ3v) is 3.10. The van der Waals surface area contributed by atoms with Crippen LogP contribution in [0.15, 0.2) is 24.3 Å². The Bertz CT molecular complexity index is 648. The summed E-state index contributed by atoms with van der Waals surface area (Å²) in [6.07, 6.45) is 0.898. The largest absolute Gasteiger partial charge is 0.355 e. The molecule has 1 aromatic carbocycles. The van der Waals surface area contributed by atoms with Crippen LogP contribution >= 0.6 is 0 Å². The molecule has 2 rings (SSSR count). The Kier molecular flexibility index (Phi) is 4.92. The number of fused-ring (bicyclic) bond motifs is 1. The molecule has 2 amide bonds. The van der Waals surface area contributed by atoms with E-state index in [-0.39, 0.29) is 18.4 Å². The van der Waals surface area contributed by atoms with Gasteiger partial charge in [0.05, 0.1) is 17.6 Å². The van der Waals surface area contributed by atoms with Crippen molar-refractivity contribution in [3.63, 3.8) is 0 Å². The molecule has 2 N–H and O–H groups in total. The summed E-state index contributed by atoms with van der Waals surface area (Å²) >= 11 is 0. The SMILES string of the molecule is CCCNC(=O)Cn1c(CNC(C)=O)nc2ccccc21. The van der Waals surface area contributed by atoms with Gasteiger partial charge in [-0.1, -0.05) is 19.1 Å². The molecule has 0 radical (unpaired) electrons. The van der Waals surface area contributed by atoms with Crippen LogP contribution < -0.4 is 10.6 Å². The standard InChI is InChI=1S/C15H20N4O2/c1-3-8-16-15(21)10-19-13-7-5-4-6-12(13)18-14(19)9-17-11(2)20/h4-7H,3,8-10H2,1-2H3,(H,16,21)(H,17,20). The minimum absolute atomic E-state index is 0.0518. The fourth-order valence-corrected chi connectivity index (χ4v) is 2.10. The van der Waals surface area contributed by atoms with E-state index in [1.807, 2.05) is 35.8 Å². The van der Waals surface area contributed by atoms with Gasteiger partial charge in [-0.25, -0.2) is 4.98 Å². The molecular weight excluding hydrogens is 268 g/mol. The van der Waals surface area contributed by atoms with Gasteiger partial charge in [0, 0.05) is 13.5 Å². The van der Waals surface area contributed by atoms with Gasteiger partial charge in [-0.2, -0.15) is 0 Å². The average Bonchev–Trinajstić information content (AvgIpc) is 2.81. The molecule has 21 heavy (non-hydrogen) atoms. The fourth-order valence-electron chi connectivity index (χ4n) is 2.10. The number of imidazole rings is 1. The second-order valence-electron chi connectivity index (χ2n) is 4.86. The van der Waals surface area contributed by atoms with E-state index in [0.717, 1.165) is 17.5 Å². The molecule has 0 aliphatic heterocycles. The van der Waals surface area contributed by atoms with Crippen LogP contribution in [0, 0.1) is 0 Å². The number of nitrogens with zero attached hydrogens (tertiary/aromatic N) is 2. The van der Waals surface area contributed by atoms with Crippen molar-refractivity contribution in [3.8, 4) is 0 Å². The van der Waals surface area contributed by atoms with E-state index in [4.69, 9.17) is 0 Å². The summed E-state index contributed by atoms with van der Waals surface area (Å²) in [5, 5.41) is 5.58. The smallest absolute Gasteiger partial charge is 0.240 e. The molecule has 0 unspecified atom stereocenters. The highest BCUT2D eigenvalue weighted by molar-refractivity contribution is 5.81. The average molecular weight is 288 g/mol. The number of hydrogen-bond acceptors (Lipinski definition) is 3. The fraction of sp³-hybridized carbons (Fsp3) is 0.400. The van der Waals surface area contributed by atoms with Gasteiger partial charge >= 0.3 is 0 Å². The third-order valence-electron chi connectivity index (χ3n) is 3.10. The van der Waals surface area contributed by atoms with Gasteiger partial charge in [0.2, 0.25) is 11.8 Å².